The lowest BCUT2D eigenvalue weighted by Gasteiger charge is -2.40. The summed E-state index contributed by atoms with van der Waals surface area (Å²) in [6.07, 6.45) is 2.53. The van der Waals surface area contributed by atoms with Crippen LogP contribution in [-0.4, -0.2) is 35.2 Å². The van der Waals surface area contributed by atoms with E-state index in [9.17, 15) is 9.90 Å². The first kappa shape index (κ1) is 20.2. The predicted molar refractivity (Wildman–Crippen MR) is 111 cm³/mol. The van der Waals surface area contributed by atoms with Gasteiger partial charge in [0.15, 0.2) is 0 Å². The van der Waals surface area contributed by atoms with Crippen LogP contribution in [0.4, 0.5) is 0 Å². The second-order valence-corrected chi connectivity index (χ2v) is 7.92. The van der Waals surface area contributed by atoms with Gasteiger partial charge in [-0.05, 0) is 56.1 Å². The van der Waals surface area contributed by atoms with Crippen LogP contribution in [0.2, 0.25) is 5.02 Å². The summed E-state index contributed by atoms with van der Waals surface area (Å²) >= 11 is 9.98. The van der Waals surface area contributed by atoms with E-state index in [1.807, 2.05) is 43.3 Å². The Balaban J connectivity index is 2.18. The Morgan fingerprint density at radius 1 is 1.30 bits per heavy atom. The minimum absolute atomic E-state index is 0.262. The van der Waals surface area contributed by atoms with E-state index in [1.54, 1.807) is 6.07 Å². The normalized spacial score (nSPS) is 18.9. The van der Waals surface area contributed by atoms with E-state index in [1.165, 1.54) is 0 Å². The molecular formula is C21H23BrClNO3. The van der Waals surface area contributed by atoms with Crippen molar-refractivity contribution in [3.63, 3.8) is 0 Å². The first-order chi connectivity index (χ1) is 13.0. The maximum Gasteiger partial charge on any atom is 0.320 e. The van der Waals surface area contributed by atoms with Gasteiger partial charge in [-0.2, -0.15) is 0 Å². The topological polar surface area (TPSA) is 49.8 Å². The highest BCUT2D eigenvalue weighted by Gasteiger charge is 2.37. The molecule has 1 fully saturated rings. The molecule has 0 aliphatic carbocycles. The van der Waals surface area contributed by atoms with E-state index in [0.717, 1.165) is 34.2 Å². The summed E-state index contributed by atoms with van der Waals surface area (Å²) in [6, 6.07) is 12.7. The SMILES string of the molecule is CCOc1ccc(Cl)cc1C(c1ccccc1Br)N1CCCCC1C(=O)O. The van der Waals surface area contributed by atoms with Crippen molar-refractivity contribution >= 4 is 33.5 Å². The molecule has 1 saturated heterocycles. The van der Waals surface area contributed by atoms with Crippen molar-refractivity contribution in [2.75, 3.05) is 13.2 Å². The number of piperidine rings is 1. The van der Waals surface area contributed by atoms with Crippen molar-refractivity contribution in [2.45, 2.75) is 38.3 Å². The van der Waals surface area contributed by atoms with Gasteiger partial charge in [-0.1, -0.05) is 52.2 Å². The standard InChI is InChI=1S/C21H23BrClNO3/c1-2-27-19-11-10-14(23)13-16(19)20(15-7-3-4-8-17(15)22)24-12-6-5-9-18(24)21(25)26/h3-4,7-8,10-11,13,18,20H,2,5-6,9,12H2,1H3,(H,25,26). The van der Waals surface area contributed by atoms with E-state index in [0.29, 0.717) is 24.6 Å². The van der Waals surface area contributed by atoms with E-state index >= 15 is 0 Å². The van der Waals surface area contributed by atoms with Crippen LogP contribution in [0.5, 0.6) is 5.75 Å². The van der Waals surface area contributed by atoms with Crippen LogP contribution in [-0.2, 0) is 4.79 Å². The molecule has 0 aromatic heterocycles. The molecule has 1 N–H and O–H groups in total. The molecule has 0 saturated carbocycles. The van der Waals surface area contributed by atoms with E-state index in [4.69, 9.17) is 16.3 Å². The Bertz CT molecular complexity index is 814. The summed E-state index contributed by atoms with van der Waals surface area (Å²) < 4.78 is 6.81. The third-order valence-electron chi connectivity index (χ3n) is 4.93. The first-order valence-electron chi connectivity index (χ1n) is 9.18. The lowest BCUT2D eigenvalue weighted by molar-refractivity contribution is -0.145. The van der Waals surface area contributed by atoms with Crippen molar-refractivity contribution in [1.82, 2.24) is 4.90 Å². The minimum atomic E-state index is -0.785. The Labute approximate surface area is 173 Å². The van der Waals surface area contributed by atoms with Gasteiger partial charge in [0.25, 0.3) is 0 Å². The van der Waals surface area contributed by atoms with Crippen LogP contribution in [0.15, 0.2) is 46.9 Å². The number of likely N-dealkylation sites (tertiary alicyclic amines) is 1. The molecular weight excluding hydrogens is 430 g/mol. The van der Waals surface area contributed by atoms with Crippen LogP contribution in [0, 0.1) is 0 Å². The van der Waals surface area contributed by atoms with E-state index in [-0.39, 0.29) is 6.04 Å². The highest BCUT2D eigenvalue weighted by molar-refractivity contribution is 9.10. The molecule has 0 spiro atoms. The molecule has 1 heterocycles. The first-order valence-corrected chi connectivity index (χ1v) is 10.3. The van der Waals surface area contributed by atoms with E-state index in [2.05, 4.69) is 20.8 Å². The number of carboxylic acid groups (broad SMARTS) is 1. The molecule has 2 unspecified atom stereocenters. The number of halogens is 2. The van der Waals surface area contributed by atoms with Gasteiger partial charge in [0.05, 0.1) is 12.6 Å². The molecule has 1 aliphatic rings. The third kappa shape index (κ3) is 4.48. The van der Waals surface area contributed by atoms with Gasteiger partial charge in [-0.25, -0.2) is 0 Å². The number of nitrogens with zero attached hydrogens (tertiary/aromatic N) is 1. The number of carboxylic acids is 1. The lowest BCUT2D eigenvalue weighted by atomic mass is 9.91. The number of hydrogen-bond acceptors (Lipinski definition) is 3. The van der Waals surface area contributed by atoms with Crippen LogP contribution >= 0.6 is 27.5 Å². The van der Waals surface area contributed by atoms with Crippen molar-refractivity contribution in [3.05, 3.63) is 63.1 Å². The zero-order chi connectivity index (χ0) is 19.4. The van der Waals surface area contributed by atoms with Gasteiger partial charge < -0.3 is 9.84 Å². The molecule has 2 atom stereocenters. The molecule has 4 nitrogen and oxygen atoms in total. The molecule has 3 rings (SSSR count). The number of rotatable bonds is 6. The van der Waals surface area contributed by atoms with Gasteiger partial charge in [0.2, 0.25) is 0 Å². The summed E-state index contributed by atoms with van der Waals surface area (Å²) in [6.45, 7) is 3.17. The molecule has 0 bridgehead atoms. The monoisotopic (exact) mass is 451 g/mol. The van der Waals surface area contributed by atoms with Crippen molar-refractivity contribution in [2.24, 2.45) is 0 Å². The Morgan fingerprint density at radius 3 is 2.78 bits per heavy atom. The van der Waals surface area contributed by atoms with Gasteiger partial charge in [-0.15, -0.1) is 0 Å². The molecule has 144 valence electrons. The molecule has 2 aromatic rings. The maximum absolute atomic E-state index is 12.0. The Hall–Kier alpha value is -1.56. The second-order valence-electron chi connectivity index (χ2n) is 6.63. The molecule has 2 aromatic carbocycles. The largest absolute Gasteiger partial charge is 0.494 e. The number of hydrogen-bond donors (Lipinski definition) is 1. The van der Waals surface area contributed by atoms with Gasteiger partial charge >= 0.3 is 5.97 Å². The molecule has 27 heavy (non-hydrogen) atoms. The lowest BCUT2D eigenvalue weighted by Crippen LogP contribution is -2.47. The summed E-state index contributed by atoms with van der Waals surface area (Å²) in [5.74, 6) is -0.0518. The van der Waals surface area contributed by atoms with Crippen molar-refractivity contribution < 1.29 is 14.6 Å². The number of benzene rings is 2. The molecule has 0 amide bonds. The highest BCUT2D eigenvalue weighted by Crippen LogP contribution is 2.41. The van der Waals surface area contributed by atoms with Crippen molar-refractivity contribution in [1.29, 1.82) is 0 Å². The molecule has 0 radical (unpaired) electrons. The van der Waals surface area contributed by atoms with E-state index < -0.39 is 12.0 Å². The highest BCUT2D eigenvalue weighted by atomic mass is 79.9. The summed E-state index contributed by atoms with van der Waals surface area (Å²) in [5, 5.41) is 10.4. The zero-order valence-corrected chi connectivity index (χ0v) is 17.5. The molecule has 6 heteroatoms. The number of aliphatic carboxylic acids is 1. The number of ether oxygens (including phenoxy) is 1. The van der Waals surface area contributed by atoms with Gasteiger partial charge in [-0.3, -0.25) is 9.69 Å². The fourth-order valence-electron chi connectivity index (χ4n) is 3.77. The third-order valence-corrected chi connectivity index (χ3v) is 5.88. The van der Waals surface area contributed by atoms with Crippen LogP contribution in [0.25, 0.3) is 0 Å². The summed E-state index contributed by atoms with van der Waals surface area (Å²) in [7, 11) is 0. The maximum atomic E-state index is 12.0. The fraction of sp³-hybridized carbons (Fsp3) is 0.381. The van der Waals surface area contributed by atoms with Crippen LogP contribution in [0.3, 0.4) is 0 Å². The van der Waals surface area contributed by atoms with Gasteiger partial charge in [0, 0.05) is 15.1 Å². The average molecular weight is 453 g/mol. The second kappa shape index (κ2) is 9.09. The quantitative estimate of drug-likeness (QED) is 0.626. The summed E-state index contributed by atoms with van der Waals surface area (Å²) in [4.78, 5) is 14.1. The smallest absolute Gasteiger partial charge is 0.320 e. The predicted octanol–water partition coefficient (Wildman–Crippen LogP) is 5.53. The average Bonchev–Trinajstić information content (AvgIpc) is 2.66. The Kier molecular flexibility index (Phi) is 6.79. The van der Waals surface area contributed by atoms with Crippen LogP contribution in [0.1, 0.15) is 43.4 Å². The Morgan fingerprint density at radius 2 is 2.07 bits per heavy atom. The summed E-state index contributed by atoms with van der Waals surface area (Å²) in [5.41, 5.74) is 1.90. The van der Waals surface area contributed by atoms with Crippen LogP contribution < -0.4 is 4.74 Å². The van der Waals surface area contributed by atoms with Gasteiger partial charge in [0.1, 0.15) is 11.8 Å². The van der Waals surface area contributed by atoms with Crippen molar-refractivity contribution in [3.8, 4) is 5.75 Å². The minimum Gasteiger partial charge on any atom is -0.494 e. The number of carbonyl (C=O) groups is 1. The molecule has 1 aliphatic heterocycles. The zero-order valence-electron chi connectivity index (χ0n) is 15.2. The fourth-order valence-corrected chi connectivity index (χ4v) is 4.45.